The number of rotatable bonds is 1. The maximum Gasteiger partial charge on any atom is 0.241 e. The predicted molar refractivity (Wildman–Crippen MR) is 76.9 cm³/mol. The molecule has 2 atom stereocenters. The fraction of sp³-hybridized carbons (Fsp3) is 0.562. The van der Waals surface area contributed by atoms with Crippen molar-refractivity contribution in [3.63, 3.8) is 0 Å². The van der Waals surface area contributed by atoms with Crippen molar-refractivity contribution in [2.24, 2.45) is 0 Å². The summed E-state index contributed by atoms with van der Waals surface area (Å²) >= 11 is 0. The highest BCUT2D eigenvalue weighted by molar-refractivity contribution is 5.96. The van der Waals surface area contributed by atoms with Crippen molar-refractivity contribution < 1.29 is 9.53 Å². The van der Waals surface area contributed by atoms with Gasteiger partial charge in [0.1, 0.15) is 11.9 Å². The molecule has 20 heavy (non-hydrogen) atoms. The zero-order chi connectivity index (χ0) is 13.5. The van der Waals surface area contributed by atoms with Crippen LogP contribution in [0.3, 0.4) is 0 Å². The summed E-state index contributed by atoms with van der Waals surface area (Å²) in [4.78, 5) is 14.9. The quantitative estimate of drug-likeness (QED) is 0.853. The molecule has 1 aromatic carbocycles. The van der Waals surface area contributed by atoms with Gasteiger partial charge in [0.15, 0.2) is 0 Å². The molecule has 0 radical (unpaired) electrons. The molecule has 0 spiro atoms. The number of ether oxygens (including phenoxy) is 1. The second-order valence-corrected chi connectivity index (χ2v) is 6.11. The third kappa shape index (κ3) is 1.99. The van der Waals surface area contributed by atoms with E-state index >= 15 is 0 Å². The van der Waals surface area contributed by atoms with Gasteiger partial charge in [-0.05, 0) is 25.0 Å². The summed E-state index contributed by atoms with van der Waals surface area (Å²) in [5.41, 5.74) is 0.806. The molecular weight excluding hydrogens is 252 g/mol. The Morgan fingerprint density at radius 3 is 2.85 bits per heavy atom. The lowest BCUT2D eigenvalue weighted by Crippen LogP contribution is -2.44. The smallest absolute Gasteiger partial charge is 0.241 e. The Morgan fingerprint density at radius 1 is 1.20 bits per heavy atom. The molecule has 2 heterocycles. The molecule has 0 aromatic heterocycles. The fourth-order valence-corrected chi connectivity index (χ4v) is 3.87. The van der Waals surface area contributed by atoms with Gasteiger partial charge in [0.05, 0.1) is 11.7 Å². The highest BCUT2D eigenvalue weighted by Gasteiger charge is 2.43. The van der Waals surface area contributed by atoms with E-state index in [4.69, 9.17) is 4.74 Å². The summed E-state index contributed by atoms with van der Waals surface area (Å²) in [5.74, 6) is 0.938. The number of para-hydroxylation sites is 2. The number of fused-ring (bicyclic) bond motifs is 3. The van der Waals surface area contributed by atoms with E-state index in [2.05, 4.69) is 10.2 Å². The molecule has 1 N–H and O–H groups in total. The molecule has 4 rings (SSSR count). The third-order valence-corrected chi connectivity index (χ3v) is 4.84. The van der Waals surface area contributed by atoms with Gasteiger partial charge in [-0.3, -0.25) is 9.69 Å². The molecule has 3 aliphatic rings. The second kappa shape index (κ2) is 4.77. The minimum atomic E-state index is -0.0172. The zero-order valence-electron chi connectivity index (χ0n) is 11.5. The Balaban J connectivity index is 1.63. The van der Waals surface area contributed by atoms with Crippen molar-refractivity contribution in [2.45, 2.75) is 50.3 Å². The first-order chi connectivity index (χ1) is 9.81. The number of carbonyl (C=O) groups excluding carboxylic acids is 1. The molecular formula is C16H20N2O2. The number of carbonyl (C=O) groups is 1. The minimum absolute atomic E-state index is 0.0172. The van der Waals surface area contributed by atoms with Crippen molar-refractivity contribution in [1.82, 2.24) is 4.90 Å². The monoisotopic (exact) mass is 272 g/mol. The van der Waals surface area contributed by atoms with Crippen LogP contribution in [0.4, 0.5) is 5.69 Å². The Hall–Kier alpha value is -1.55. The Morgan fingerprint density at radius 2 is 2.00 bits per heavy atom. The van der Waals surface area contributed by atoms with Gasteiger partial charge in [-0.15, -0.1) is 0 Å². The zero-order valence-corrected chi connectivity index (χ0v) is 11.5. The SMILES string of the molecule is O=C1Nc2ccccc2O[C@H]2C[C@@H]1N(C1CCCC1)C2. The minimum Gasteiger partial charge on any atom is -0.487 e. The Bertz CT molecular complexity index is 525. The number of hydrogen-bond donors (Lipinski definition) is 1. The molecule has 0 unspecified atom stereocenters. The normalized spacial score (nSPS) is 30.3. The largest absolute Gasteiger partial charge is 0.487 e. The average molecular weight is 272 g/mol. The Kier molecular flexibility index (Phi) is 2.91. The van der Waals surface area contributed by atoms with Crippen molar-refractivity contribution >= 4 is 11.6 Å². The number of likely N-dealkylation sites (tertiary alicyclic amines) is 1. The lowest BCUT2D eigenvalue weighted by molar-refractivity contribution is -0.121. The Labute approximate surface area is 119 Å². The van der Waals surface area contributed by atoms with Crippen LogP contribution in [-0.4, -0.2) is 35.5 Å². The topological polar surface area (TPSA) is 41.6 Å². The number of hydrogen-bond acceptors (Lipinski definition) is 3. The molecule has 2 bridgehead atoms. The van der Waals surface area contributed by atoms with Gasteiger partial charge in [0.2, 0.25) is 5.91 Å². The maximum absolute atomic E-state index is 12.5. The fourth-order valence-electron chi connectivity index (χ4n) is 3.87. The number of benzene rings is 1. The molecule has 106 valence electrons. The molecule has 1 aromatic rings. The average Bonchev–Trinajstić information content (AvgIpc) is 3.07. The van der Waals surface area contributed by atoms with Crippen molar-refractivity contribution in [1.29, 1.82) is 0 Å². The molecule has 1 aliphatic carbocycles. The van der Waals surface area contributed by atoms with E-state index in [1.165, 1.54) is 25.7 Å². The summed E-state index contributed by atoms with van der Waals surface area (Å²) in [7, 11) is 0. The highest BCUT2D eigenvalue weighted by Crippen LogP contribution is 2.36. The van der Waals surface area contributed by atoms with Crippen LogP contribution >= 0.6 is 0 Å². The van der Waals surface area contributed by atoms with Crippen LogP contribution in [0.15, 0.2) is 24.3 Å². The van der Waals surface area contributed by atoms with E-state index in [-0.39, 0.29) is 18.1 Å². The maximum atomic E-state index is 12.5. The van der Waals surface area contributed by atoms with Crippen LogP contribution < -0.4 is 10.1 Å². The van der Waals surface area contributed by atoms with E-state index in [1.807, 2.05) is 24.3 Å². The van der Waals surface area contributed by atoms with Gasteiger partial charge in [0, 0.05) is 19.0 Å². The molecule has 2 aliphatic heterocycles. The van der Waals surface area contributed by atoms with Gasteiger partial charge in [-0.1, -0.05) is 25.0 Å². The molecule has 1 saturated heterocycles. The molecule has 2 fully saturated rings. The lowest BCUT2D eigenvalue weighted by atomic mass is 10.1. The van der Waals surface area contributed by atoms with Crippen molar-refractivity contribution in [3.05, 3.63) is 24.3 Å². The summed E-state index contributed by atoms with van der Waals surface area (Å²) < 4.78 is 6.11. The second-order valence-electron chi connectivity index (χ2n) is 6.11. The number of nitrogens with one attached hydrogen (secondary N) is 1. The van der Waals surface area contributed by atoms with Gasteiger partial charge in [0.25, 0.3) is 0 Å². The number of amides is 1. The van der Waals surface area contributed by atoms with Crippen molar-refractivity contribution in [3.8, 4) is 5.75 Å². The van der Waals surface area contributed by atoms with Gasteiger partial charge < -0.3 is 10.1 Å². The van der Waals surface area contributed by atoms with Crippen molar-refractivity contribution in [2.75, 3.05) is 11.9 Å². The first-order valence-electron chi connectivity index (χ1n) is 7.63. The molecule has 4 nitrogen and oxygen atoms in total. The van der Waals surface area contributed by atoms with Gasteiger partial charge in [-0.2, -0.15) is 0 Å². The summed E-state index contributed by atoms with van der Waals surface area (Å²) in [6.07, 6.45) is 6.00. The first kappa shape index (κ1) is 12.2. The van der Waals surface area contributed by atoms with Gasteiger partial charge >= 0.3 is 0 Å². The molecule has 1 amide bonds. The van der Waals surface area contributed by atoms with Gasteiger partial charge in [-0.25, -0.2) is 0 Å². The first-order valence-corrected chi connectivity index (χ1v) is 7.63. The van der Waals surface area contributed by atoms with E-state index < -0.39 is 0 Å². The van der Waals surface area contributed by atoms with Crippen LogP contribution in [-0.2, 0) is 4.79 Å². The highest BCUT2D eigenvalue weighted by atomic mass is 16.5. The van der Waals surface area contributed by atoms with Crippen LogP contribution in [0, 0.1) is 0 Å². The van der Waals surface area contributed by atoms with Crippen LogP contribution in [0.1, 0.15) is 32.1 Å². The van der Waals surface area contributed by atoms with E-state index in [0.29, 0.717) is 6.04 Å². The summed E-state index contributed by atoms with van der Waals surface area (Å²) in [6, 6.07) is 8.29. The standard InChI is InChI=1S/C16H20N2O2/c19-16-14-9-12(10-18(14)11-5-1-2-6-11)20-15-8-4-3-7-13(15)17-16/h3-4,7-8,11-12,14H,1-2,5-6,9-10H2,(H,17,19)/t12-,14-/m0/s1. The summed E-state index contributed by atoms with van der Waals surface area (Å²) in [6.45, 7) is 0.886. The molecule has 1 saturated carbocycles. The summed E-state index contributed by atoms with van der Waals surface area (Å²) in [5, 5.41) is 3.04. The predicted octanol–water partition coefficient (Wildman–Crippen LogP) is 2.40. The van der Waals surface area contributed by atoms with E-state index in [1.54, 1.807) is 0 Å². The van der Waals surface area contributed by atoms with Crippen LogP contribution in [0.5, 0.6) is 5.75 Å². The lowest BCUT2D eigenvalue weighted by Gasteiger charge is -2.28. The van der Waals surface area contributed by atoms with Crippen LogP contribution in [0.25, 0.3) is 0 Å². The molecule has 4 heteroatoms. The van der Waals surface area contributed by atoms with E-state index in [0.717, 1.165) is 24.4 Å². The third-order valence-electron chi connectivity index (χ3n) is 4.84. The van der Waals surface area contributed by atoms with Crippen LogP contribution in [0.2, 0.25) is 0 Å². The number of anilines is 1. The van der Waals surface area contributed by atoms with E-state index in [9.17, 15) is 4.79 Å². The number of nitrogens with zero attached hydrogens (tertiary/aromatic N) is 1.